The number of nitrogens with one attached hydrogen (secondary N) is 2. The molecule has 1 heterocycles. The van der Waals surface area contributed by atoms with E-state index in [-0.39, 0.29) is 5.91 Å². The third-order valence-corrected chi connectivity index (χ3v) is 5.32. The number of carbonyl (C=O) groups is 1. The van der Waals surface area contributed by atoms with E-state index in [1.54, 1.807) is 0 Å². The molecule has 2 aliphatic rings. The van der Waals surface area contributed by atoms with Crippen LogP contribution in [0.25, 0.3) is 0 Å². The summed E-state index contributed by atoms with van der Waals surface area (Å²) in [6.07, 6.45) is 4.36. The van der Waals surface area contributed by atoms with E-state index in [2.05, 4.69) is 56.6 Å². The molecular weight excluding hydrogens is 338 g/mol. The van der Waals surface area contributed by atoms with Crippen LogP contribution in [-0.2, 0) is 17.6 Å². The summed E-state index contributed by atoms with van der Waals surface area (Å²) in [5.74, 6) is 1.13. The minimum absolute atomic E-state index is 0.169. The molecule has 1 aliphatic carbocycles. The van der Waals surface area contributed by atoms with Crippen molar-refractivity contribution in [1.29, 1.82) is 0 Å². The van der Waals surface area contributed by atoms with Gasteiger partial charge >= 0.3 is 0 Å². The van der Waals surface area contributed by atoms with Gasteiger partial charge in [0.15, 0.2) is 5.96 Å². The number of rotatable bonds is 7. The molecule has 1 aromatic rings. The maximum atomic E-state index is 11.9. The van der Waals surface area contributed by atoms with Crippen molar-refractivity contribution in [3.05, 3.63) is 35.4 Å². The third-order valence-electron chi connectivity index (χ3n) is 5.32. The van der Waals surface area contributed by atoms with E-state index in [1.165, 1.54) is 11.1 Å². The van der Waals surface area contributed by atoms with Gasteiger partial charge in [0.1, 0.15) is 0 Å². The fraction of sp³-hybridized carbons (Fsp3) is 0.619. The van der Waals surface area contributed by atoms with E-state index in [0.29, 0.717) is 12.6 Å². The third kappa shape index (κ3) is 6.24. The predicted octanol–water partition coefficient (Wildman–Crippen LogP) is 1.26. The highest BCUT2D eigenvalue weighted by molar-refractivity contribution is 5.80. The van der Waals surface area contributed by atoms with Gasteiger partial charge in [-0.3, -0.25) is 14.7 Å². The summed E-state index contributed by atoms with van der Waals surface area (Å²) in [4.78, 5) is 20.9. The molecule has 0 bridgehead atoms. The van der Waals surface area contributed by atoms with Crippen LogP contribution in [0.1, 0.15) is 30.9 Å². The molecule has 1 aliphatic heterocycles. The van der Waals surface area contributed by atoms with Gasteiger partial charge in [-0.05, 0) is 36.8 Å². The van der Waals surface area contributed by atoms with Crippen molar-refractivity contribution in [2.45, 2.75) is 38.6 Å². The van der Waals surface area contributed by atoms with E-state index in [9.17, 15) is 4.79 Å². The molecule has 2 fully saturated rings. The van der Waals surface area contributed by atoms with E-state index >= 15 is 0 Å². The number of nitrogens with zero attached hydrogens (tertiary/aromatic N) is 3. The number of guanidine groups is 1. The highest BCUT2D eigenvalue weighted by Gasteiger charge is 2.25. The van der Waals surface area contributed by atoms with Crippen LogP contribution in [0.5, 0.6) is 0 Å². The Morgan fingerprint density at radius 3 is 2.37 bits per heavy atom. The molecule has 3 rings (SSSR count). The molecule has 1 saturated carbocycles. The lowest BCUT2D eigenvalue weighted by Gasteiger charge is -2.36. The number of amides is 1. The summed E-state index contributed by atoms with van der Waals surface area (Å²) in [5, 5.41) is 6.55. The Morgan fingerprint density at radius 1 is 1.11 bits per heavy atom. The Morgan fingerprint density at radius 2 is 1.78 bits per heavy atom. The standard InChI is InChI=1S/C21H33N5O/c1-3-17-4-6-18(7-5-17)10-11-23-21(22-2)26-14-12-25(13-15-26)16-20(27)24-19-8-9-19/h4-7,19H,3,8-16H2,1-2H3,(H,22,23)(H,24,27). The van der Waals surface area contributed by atoms with Crippen LogP contribution in [0, 0.1) is 0 Å². The van der Waals surface area contributed by atoms with Gasteiger partial charge in [0.2, 0.25) is 5.91 Å². The normalized spacial score (nSPS) is 18.4. The van der Waals surface area contributed by atoms with Crippen LogP contribution in [0.3, 0.4) is 0 Å². The second-order valence-corrected chi connectivity index (χ2v) is 7.50. The lowest BCUT2D eigenvalue weighted by atomic mass is 10.1. The molecule has 2 N–H and O–H groups in total. The first-order chi connectivity index (χ1) is 13.2. The van der Waals surface area contributed by atoms with Crippen molar-refractivity contribution in [1.82, 2.24) is 20.4 Å². The van der Waals surface area contributed by atoms with E-state index in [1.807, 2.05) is 7.05 Å². The van der Waals surface area contributed by atoms with Crippen molar-refractivity contribution in [2.24, 2.45) is 4.99 Å². The first-order valence-electron chi connectivity index (χ1n) is 10.2. The SMILES string of the molecule is CCc1ccc(CCNC(=NC)N2CCN(CC(=O)NC3CC3)CC2)cc1. The number of aliphatic imine (C=N–C) groups is 1. The monoisotopic (exact) mass is 371 g/mol. The predicted molar refractivity (Wildman–Crippen MR) is 110 cm³/mol. The van der Waals surface area contributed by atoms with Crippen molar-refractivity contribution in [3.8, 4) is 0 Å². The molecular formula is C21H33N5O. The molecule has 6 nitrogen and oxygen atoms in total. The molecule has 0 aromatic heterocycles. The van der Waals surface area contributed by atoms with Crippen LogP contribution in [0.15, 0.2) is 29.3 Å². The fourth-order valence-electron chi connectivity index (χ4n) is 3.41. The Balaban J connectivity index is 1.37. The molecule has 6 heteroatoms. The lowest BCUT2D eigenvalue weighted by Crippen LogP contribution is -2.54. The number of benzene rings is 1. The zero-order valence-corrected chi connectivity index (χ0v) is 16.7. The molecule has 0 unspecified atom stereocenters. The minimum atomic E-state index is 0.169. The lowest BCUT2D eigenvalue weighted by molar-refractivity contribution is -0.122. The smallest absolute Gasteiger partial charge is 0.234 e. The quantitative estimate of drug-likeness (QED) is 0.560. The maximum Gasteiger partial charge on any atom is 0.234 e. The molecule has 148 valence electrons. The molecule has 0 atom stereocenters. The number of hydrogen-bond acceptors (Lipinski definition) is 3. The Hall–Kier alpha value is -2.08. The highest BCUT2D eigenvalue weighted by atomic mass is 16.2. The van der Waals surface area contributed by atoms with Gasteiger partial charge in [-0.25, -0.2) is 0 Å². The summed E-state index contributed by atoms with van der Waals surface area (Å²) in [6, 6.07) is 9.30. The van der Waals surface area contributed by atoms with Gasteiger partial charge in [0, 0.05) is 45.8 Å². The second-order valence-electron chi connectivity index (χ2n) is 7.50. The van der Waals surface area contributed by atoms with Gasteiger partial charge in [-0.15, -0.1) is 0 Å². The van der Waals surface area contributed by atoms with Crippen molar-refractivity contribution in [3.63, 3.8) is 0 Å². The van der Waals surface area contributed by atoms with Crippen LogP contribution in [-0.4, -0.2) is 74.0 Å². The Bertz CT molecular complexity index is 630. The molecule has 1 amide bonds. The van der Waals surface area contributed by atoms with E-state index in [4.69, 9.17) is 0 Å². The summed E-state index contributed by atoms with van der Waals surface area (Å²) >= 11 is 0. The first-order valence-corrected chi connectivity index (χ1v) is 10.2. The molecule has 1 aromatic carbocycles. The molecule has 0 spiro atoms. The molecule has 27 heavy (non-hydrogen) atoms. The summed E-state index contributed by atoms with van der Waals surface area (Å²) in [5.41, 5.74) is 2.73. The van der Waals surface area contributed by atoms with Gasteiger partial charge in [-0.1, -0.05) is 31.2 Å². The maximum absolute atomic E-state index is 11.9. The van der Waals surface area contributed by atoms with Crippen LogP contribution in [0.2, 0.25) is 0 Å². The average Bonchev–Trinajstić information content (AvgIpc) is 3.50. The number of hydrogen-bond donors (Lipinski definition) is 2. The molecule has 1 saturated heterocycles. The van der Waals surface area contributed by atoms with Crippen molar-refractivity contribution < 1.29 is 4.79 Å². The fourth-order valence-corrected chi connectivity index (χ4v) is 3.41. The minimum Gasteiger partial charge on any atom is -0.356 e. The van der Waals surface area contributed by atoms with Gasteiger partial charge in [0.05, 0.1) is 6.54 Å². The number of aryl methyl sites for hydroxylation is 1. The zero-order chi connectivity index (χ0) is 19.1. The summed E-state index contributed by atoms with van der Waals surface area (Å²) in [6.45, 7) is 7.18. The second kappa shape index (κ2) is 9.74. The van der Waals surface area contributed by atoms with Crippen molar-refractivity contribution >= 4 is 11.9 Å². The van der Waals surface area contributed by atoms with E-state index in [0.717, 1.165) is 64.4 Å². The van der Waals surface area contributed by atoms with Gasteiger partial charge < -0.3 is 15.5 Å². The van der Waals surface area contributed by atoms with E-state index < -0.39 is 0 Å². The van der Waals surface area contributed by atoms with Crippen LogP contribution in [0.4, 0.5) is 0 Å². The topological polar surface area (TPSA) is 60.0 Å². The van der Waals surface area contributed by atoms with Gasteiger partial charge in [-0.2, -0.15) is 0 Å². The summed E-state index contributed by atoms with van der Waals surface area (Å²) in [7, 11) is 1.84. The van der Waals surface area contributed by atoms with Crippen LogP contribution < -0.4 is 10.6 Å². The average molecular weight is 372 g/mol. The Labute approximate surface area is 163 Å². The first kappa shape index (κ1) is 19.7. The largest absolute Gasteiger partial charge is 0.356 e. The zero-order valence-electron chi connectivity index (χ0n) is 16.7. The van der Waals surface area contributed by atoms with Crippen molar-refractivity contribution in [2.75, 3.05) is 46.3 Å². The highest BCUT2D eigenvalue weighted by Crippen LogP contribution is 2.18. The van der Waals surface area contributed by atoms with Crippen LogP contribution >= 0.6 is 0 Å². The molecule has 0 radical (unpaired) electrons. The summed E-state index contributed by atoms with van der Waals surface area (Å²) < 4.78 is 0. The number of piperazine rings is 1. The number of carbonyl (C=O) groups excluding carboxylic acids is 1. The van der Waals surface area contributed by atoms with Gasteiger partial charge in [0.25, 0.3) is 0 Å². The Kier molecular flexibility index (Phi) is 7.10.